The van der Waals surface area contributed by atoms with Gasteiger partial charge in [-0.15, -0.1) is 0 Å². The average molecular weight is 501 g/mol. The van der Waals surface area contributed by atoms with Crippen molar-refractivity contribution >= 4 is 27.9 Å². The van der Waals surface area contributed by atoms with Crippen molar-refractivity contribution in [1.29, 1.82) is 0 Å². The van der Waals surface area contributed by atoms with Gasteiger partial charge in [0.15, 0.2) is 0 Å². The molecule has 0 aliphatic rings. The predicted octanol–water partition coefficient (Wildman–Crippen LogP) is 4.09. The number of ether oxygens (including phenoxy) is 3. The van der Waals surface area contributed by atoms with Crippen molar-refractivity contribution in [1.82, 2.24) is 5.32 Å². The van der Waals surface area contributed by atoms with Crippen LogP contribution in [0.15, 0.2) is 24.3 Å². The topological polar surface area (TPSA) is 99.9 Å². The first-order chi connectivity index (χ1) is 14.6. The van der Waals surface area contributed by atoms with Crippen LogP contribution in [0.4, 0.5) is 4.79 Å². The monoisotopic (exact) mass is 500 g/mol. The molecule has 7 nitrogen and oxygen atoms in total. The van der Waals surface area contributed by atoms with Crippen LogP contribution in [0.1, 0.15) is 58.1 Å². The van der Waals surface area contributed by atoms with Gasteiger partial charge < -0.3 is 25.3 Å². The Morgan fingerprint density at radius 2 is 1.77 bits per heavy atom. The third-order valence-electron chi connectivity index (χ3n) is 4.48. The third-order valence-corrected chi connectivity index (χ3v) is 4.81. The minimum atomic E-state index is -0.607. The molecule has 0 aliphatic carbocycles. The second-order valence-corrected chi connectivity index (χ2v) is 9.29. The molecule has 0 saturated carbocycles. The lowest BCUT2D eigenvalue weighted by Crippen LogP contribution is -2.45. The molecule has 176 valence electrons. The summed E-state index contributed by atoms with van der Waals surface area (Å²) in [6.07, 6.45) is 1.63. The van der Waals surface area contributed by atoms with E-state index in [4.69, 9.17) is 19.9 Å². The lowest BCUT2D eigenvalue weighted by atomic mass is 10.1. The SMILES string of the molecule is C[C@@H](OCc1ccc(CCCOCCBr)cc1)[C@H](CCC(N)=O)NC(=O)OC(C)(C)C. The van der Waals surface area contributed by atoms with Gasteiger partial charge in [0.05, 0.1) is 25.4 Å². The summed E-state index contributed by atoms with van der Waals surface area (Å²) in [7, 11) is 0. The van der Waals surface area contributed by atoms with E-state index < -0.39 is 17.6 Å². The van der Waals surface area contributed by atoms with Gasteiger partial charge in [-0.1, -0.05) is 40.2 Å². The number of alkyl halides is 1. The maximum atomic E-state index is 12.2. The summed E-state index contributed by atoms with van der Waals surface area (Å²) in [6, 6.07) is 7.89. The zero-order chi connectivity index (χ0) is 23.3. The fourth-order valence-corrected chi connectivity index (χ4v) is 3.09. The first kappa shape index (κ1) is 27.4. The number of benzene rings is 1. The lowest BCUT2D eigenvalue weighted by molar-refractivity contribution is -0.118. The van der Waals surface area contributed by atoms with Gasteiger partial charge in [0.1, 0.15) is 5.60 Å². The highest BCUT2D eigenvalue weighted by Crippen LogP contribution is 2.14. The smallest absolute Gasteiger partial charge is 0.407 e. The fourth-order valence-electron chi connectivity index (χ4n) is 2.86. The second-order valence-electron chi connectivity index (χ2n) is 8.50. The van der Waals surface area contributed by atoms with Crippen molar-refractivity contribution in [3.63, 3.8) is 0 Å². The first-order valence-corrected chi connectivity index (χ1v) is 11.8. The highest BCUT2D eigenvalue weighted by atomic mass is 79.9. The molecule has 0 aromatic heterocycles. The number of carbonyl (C=O) groups excluding carboxylic acids is 2. The minimum absolute atomic E-state index is 0.155. The zero-order valence-corrected chi connectivity index (χ0v) is 20.7. The van der Waals surface area contributed by atoms with Crippen LogP contribution in [0.5, 0.6) is 0 Å². The van der Waals surface area contributed by atoms with Gasteiger partial charge >= 0.3 is 6.09 Å². The molecule has 1 rings (SSSR count). The maximum absolute atomic E-state index is 12.2. The molecule has 0 unspecified atom stereocenters. The number of primary amides is 1. The van der Waals surface area contributed by atoms with E-state index in [2.05, 4.69) is 33.4 Å². The van der Waals surface area contributed by atoms with E-state index in [1.807, 2.05) is 19.1 Å². The Morgan fingerprint density at radius 1 is 1.13 bits per heavy atom. The Morgan fingerprint density at radius 3 is 2.35 bits per heavy atom. The van der Waals surface area contributed by atoms with Crippen LogP contribution in [-0.2, 0) is 32.0 Å². The summed E-state index contributed by atoms with van der Waals surface area (Å²) in [5.41, 5.74) is 6.96. The lowest BCUT2D eigenvalue weighted by Gasteiger charge is -2.27. The molecule has 1 aromatic rings. The van der Waals surface area contributed by atoms with Gasteiger partial charge in [0, 0.05) is 18.4 Å². The average Bonchev–Trinajstić information content (AvgIpc) is 2.68. The van der Waals surface area contributed by atoms with Gasteiger partial charge in [-0.3, -0.25) is 4.79 Å². The largest absolute Gasteiger partial charge is 0.444 e. The van der Waals surface area contributed by atoms with Crippen molar-refractivity contribution in [2.45, 2.75) is 77.7 Å². The van der Waals surface area contributed by atoms with E-state index in [1.54, 1.807) is 20.8 Å². The molecule has 0 radical (unpaired) electrons. The molecule has 2 atom stereocenters. The Bertz CT molecular complexity index is 661. The summed E-state index contributed by atoms with van der Waals surface area (Å²) in [6.45, 7) is 9.15. The number of halogens is 1. The van der Waals surface area contributed by atoms with Gasteiger partial charge in [-0.25, -0.2) is 4.79 Å². The molecule has 0 spiro atoms. The molecular weight excluding hydrogens is 464 g/mol. The van der Waals surface area contributed by atoms with Crippen LogP contribution in [0, 0.1) is 0 Å². The van der Waals surface area contributed by atoms with E-state index in [-0.39, 0.29) is 18.6 Å². The highest BCUT2D eigenvalue weighted by Gasteiger charge is 2.24. The Balaban J connectivity index is 2.54. The van der Waals surface area contributed by atoms with E-state index in [0.29, 0.717) is 13.0 Å². The van der Waals surface area contributed by atoms with Crippen molar-refractivity contribution in [2.75, 3.05) is 18.5 Å². The van der Waals surface area contributed by atoms with Gasteiger partial charge in [-0.05, 0) is 58.1 Å². The van der Waals surface area contributed by atoms with E-state index in [9.17, 15) is 9.59 Å². The van der Waals surface area contributed by atoms with E-state index in [0.717, 1.165) is 36.9 Å². The van der Waals surface area contributed by atoms with E-state index >= 15 is 0 Å². The number of nitrogens with one attached hydrogen (secondary N) is 1. The molecule has 31 heavy (non-hydrogen) atoms. The quantitative estimate of drug-likeness (QED) is 0.296. The molecule has 0 aliphatic heterocycles. The number of aryl methyl sites for hydroxylation is 1. The van der Waals surface area contributed by atoms with Crippen LogP contribution in [0.25, 0.3) is 0 Å². The molecule has 1 aromatic carbocycles. The summed E-state index contributed by atoms with van der Waals surface area (Å²) >= 11 is 3.34. The number of hydrogen-bond acceptors (Lipinski definition) is 5. The highest BCUT2D eigenvalue weighted by molar-refractivity contribution is 9.09. The second kappa shape index (κ2) is 14.4. The Labute approximate surface area is 194 Å². The fraction of sp³-hybridized carbons (Fsp3) is 0.652. The Kier molecular flexibility index (Phi) is 12.7. The normalized spacial score (nSPS) is 13.5. The summed E-state index contributed by atoms with van der Waals surface area (Å²) < 4.78 is 16.8. The van der Waals surface area contributed by atoms with Crippen molar-refractivity contribution in [3.05, 3.63) is 35.4 Å². The number of hydrogen-bond donors (Lipinski definition) is 2. The number of amides is 2. The standard InChI is InChI=1S/C23H37BrN2O5/c1-17(20(11-12-21(25)27)26-22(28)31-23(2,3)4)30-16-19-9-7-18(8-10-19)6-5-14-29-15-13-24/h7-10,17,20H,5-6,11-16H2,1-4H3,(H2,25,27)(H,26,28)/t17-,20+/m1/s1. The first-order valence-electron chi connectivity index (χ1n) is 10.7. The molecule has 0 fully saturated rings. The molecule has 0 heterocycles. The number of nitrogens with two attached hydrogens (primary N) is 1. The van der Waals surface area contributed by atoms with Crippen LogP contribution < -0.4 is 11.1 Å². The number of alkyl carbamates (subject to hydrolysis) is 1. The van der Waals surface area contributed by atoms with Crippen LogP contribution in [-0.4, -0.2) is 48.3 Å². The summed E-state index contributed by atoms with van der Waals surface area (Å²) in [5.74, 6) is -0.420. The number of rotatable bonds is 14. The van der Waals surface area contributed by atoms with Crippen molar-refractivity contribution in [2.24, 2.45) is 5.73 Å². The van der Waals surface area contributed by atoms with Gasteiger partial charge in [-0.2, -0.15) is 0 Å². The van der Waals surface area contributed by atoms with Gasteiger partial charge in [0.25, 0.3) is 0 Å². The molecule has 3 N–H and O–H groups in total. The van der Waals surface area contributed by atoms with Crippen molar-refractivity contribution < 1.29 is 23.8 Å². The van der Waals surface area contributed by atoms with Crippen LogP contribution >= 0.6 is 15.9 Å². The van der Waals surface area contributed by atoms with Crippen LogP contribution in [0.2, 0.25) is 0 Å². The van der Waals surface area contributed by atoms with E-state index in [1.165, 1.54) is 5.56 Å². The summed E-state index contributed by atoms with van der Waals surface area (Å²) in [5, 5.41) is 3.66. The molecule has 0 saturated heterocycles. The maximum Gasteiger partial charge on any atom is 0.407 e. The number of carbonyl (C=O) groups is 2. The van der Waals surface area contributed by atoms with Crippen molar-refractivity contribution in [3.8, 4) is 0 Å². The van der Waals surface area contributed by atoms with Gasteiger partial charge in [0.2, 0.25) is 5.91 Å². The molecule has 2 amide bonds. The molecular formula is C23H37BrN2O5. The molecule has 0 bridgehead atoms. The predicted molar refractivity (Wildman–Crippen MR) is 125 cm³/mol. The summed E-state index contributed by atoms with van der Waals surface area (Å²) in [4.78, 5) is 23.4. The Hall–Kier alpha value is -1.64. The zero-order valence-electron chi connectivity index (χ0n) is 19.1. The van der Waals surface area contributed by atoms with Crippen LogP contribution in [0.3, 0.4) is 0 Å². The minimum Gasteiger partial charge on any atom is -0.444 e. The third kappa shape index (κ3) is 13.4. The molecule has 8 heteroatoms.